The van der Waals surface area contributed by atoms with Crippen molar-refractivity contribution < 1.29 is 9.18 Å². The Balaban J connectivity index is 1.41. The minimum Gasteiger partial charge on any atom is -0.335 e. The van der Waals surface area contributed by atoms with E-state index in [-0.39, 0.29) is 29.6 Å². The quantitative estimate of drug-likeness (QED) is 0.562. The van der Waals surface area contributed by atoms with E-state index in [9.17, 15) is 9.18 Å². The third kappa shape index (κ3) is 4.27. The number of carbonyl (C=O) groups excluding carboxylic acids is 1. The first-order chi connectivity index (χ1) is 15.6. The molecule has 0 aliphatic carbocycles. The fraction of sp³-hybridized carbons (Fsp3) is 0.308. The maximum absolute atomic E-state index is 13.6. The molecule has 0 radical (unpaired) electrons. The van der Waals surface area contributed by atoms with Gasteiger partial charge in [-0.05, 0) is 53.9 Å². The van der Waals surface area contributed by atoms with Crippen LogP contribution in [0.25, 0.3) is 0 Å². The van der Waals surface area contributed by atoms with E-state index in [1.807, 2.05) is 41.3 Å². The summed E-state index contributed by atoms with van der Waals surface area (Å²) in [5, 5.41) is 0.746. The molecule has 2 saturated heterocycles. The van der Waals surface area contributed by atoms with Gasteiger partial charge < -0.3 is 4.90 Å². The van der Waals surface area contributed by atoms with Crippen molar-refractivity contribution >= 4 is 17.5 Å². The molecule has 32 heavy (non-hydrogen) atoms. The van der Waals surface area contributed by atoms with Crippen LogP contribution in [-0.4, -0.2) is 46.4 Å². The number of amides is 1. The Hall–Kier alpha value is -2.76. The number of hydrogen-bond acceptors (Lipinski definition) is 3. The maximum Gasteiger partial charge on any atom is 0.255 e. The smallest absolute Gasteiger partial charge is 0.255 e. The molecule has 2 aliphatic heterocycles. The van der Waals surface area contributed by atoms with E-state index in [4.69, 9.17) is 11.6 Å². The van der Waals surface area contributed by atoms with E-state index in [0.717, 1.165) is 36.6 Å². The highest BCUT2D eigenvalue weighted by molar-refractivity contribution is 6.30. The number of likely N-dealkylation sites (tertiary alicyclic amines) is 2. The fourth-order valence-corrected chi connectivity index (χ4v) is 5.51. The van der Waals surface area contributed by atoms with Crippen molar-refractivity contribution in [3.05, 3.63) is 101 Å². The highest BCUT2D eigenvalue weighted by atomic mass is 35.5. The summed E-state index contributed by atoms with van der Waals surface area (Å²) in [4.78, 5) is 21.9. The Morgan fingerprint density at radius 3 is 2.69 bits per heavy atom. The second-order valence-electron chi connectivity index (χ2n) is 8.74. The van der Waals surface area contributed by atoms with E-state index in [1.54, 1.807) is 18.5 Å². The highest BCUT2D eigenvalue weighted by Crippen LogP contribution is 2.42. The third-order valence-corrected chi connectivity index (χ3v) is 7.01. The molecule has 4 nitrogen and oxygen atoms in total. The Kier molecular flexibility index (Phi) is 5.94. The second kappa shape index (κ2) is 9.00. The number of rotatable bonds is 4. The lowest BCUT2D eigenvalue weighted by atomic mass is 9.81. The van der Waals surface area contributed by atoms with Gasteiger partial charge in [-0.3, -0.25) is 14.7 Å². The van der Waals surface area contributed by atoms with Crippen LogP contribution in [0.1, 0.15) is 33.8 Å². The van der Waals surface area contributed by atoms with Crippen LogP contribution in [0.4, 0.5) is 4.39 Å². The van der Waals surface area contributed by atoms with Crippen LogP contribution in [0.3, 0.4) is 0 Å². The Morgan fingerprint density at radius 1 is 1.09 bits per heavy atom. The van der Waals surface area contributed by atoms with Gasteiger partial charge in [-0.15, -0.1) is 0 Å². The van der Waals surface area contributed by atoms with Crippen molar-refractivity contribution in [2.45, 2.75) is 24.9 Å². The van der Waals surface area contributed by atoms with Crippen molar-refractivity contribution in [2.75, 3.05) is 19.6 Å². The predicted octanol–water partition coefficient (Wildman–Crippen LogP) is 5.00. The van der Waals surface area contributed by atoms with E-state index in [2.05, 4.69) is 16.0 Å². The molecule has 0 unspecified atom stereocenters. The molecule has 3 atom stereocenters. The van der Waals surface area contributed by atoms with Gasteiger partial charge in [0.25, 0.3) is 5.91 Å². The lowest BCUT2D eigenvalue weighted by Crippen LogP contribution is -2.47. The van der Waals surface area contributed by atoms with Gasteiger partial charge in [-0.25, -0.2) is 4.39 Å². The molecule has 0 spiro atoms. The summed E-state index contributed by atoms with van der Waals surface area (Å²) < 4.78 is 13.6. The number of halogens is 2. The molecule has 0 N–H and O–H groups in total. The summed E-state index contributed by atoms with van der Waals surface area (Å²) in [5.41, 5.74) is 2.90. The number of fused-ring (bicyclic) bond motifs is 1. The first-order valence-corrected chi connectivity index (χ1v) is 11.4. The minimum atomic E-state index is -0.238. The predicted molar refractivity (Wildman–Crippen MR) is 123 cm³/mol. The average Bonchev–Trinajstić information content (AvgIpc) is 3.18. The first kappa shape index (κ1) is 21.1. The van der Waals surface area contributed by atoms with Gasteiger partial charge in [-0.1, -0.05) is 35.9 Å². The maximum atomic E-state index is 13.6. The normalized spacial score (nSPS) is 23.2. The molecule has 1 aromatic heterocycles. The molecule has 2 aromatic carbocycles. The van der Waals surface area contributed by atoms with Crippen LogP contribution in [-0.2, 0) is 6.54 Å². The van der Waals surface area contributed by atoms with Gasteiger partial charge in [0.05, 0.1) is 5.56 Å². The molecule has 0 saturated carbocycles. The summed E-state index contributed by atoms with van der Waals surface area (Å²) in [7, 11) is 0. The van der Waals surface area contributed by atoms with Crippen LogP contribution >= 0.6 is 11.6 Å². The fourth-order valence-electron chi connectivity index (χ4n) is 5.29. The number of nitrogens with zero attached hydrogens (tertiary/aromatic N) is 3. The SMILES string of the molecule is O=C(c1cccnc1)N1C[C@@H](c2ccc(F)cc2)[C@@H]2CN(Cc3cccc(Cl)c3)CC[C@@H]21. The van der Waals surface area contributed by atoms with Crippen molar-refractivity contribution in [1.82, 2.24) is 14.8 Å². The van der Waals surface area contributed by atoms with Crippen LogP contribution in [0, 0.1) is 11.7 Å². The second-order valence-corrected chi connectivity index (χ2v) is 9.18. The van der Waals surface area contributed by atoms with E-state index in [1.165, 1.54) is 17.7 Å². The van der Waals surface area contributed by atoms with Crippen LogP contribution < -0.4 is 0 Å². The molecule has 2 fully saturated rings. The van der Waals surface area contributed by atoms with Crippen LogP contribution in [0.5, 0.6) is 0 Å². The van der Waals surface area contributed by atoms with Crippen molar-refractivity contribution in [3.8, 4) is 0 Å². The zero-order chi connectivity index (χ0) is 22.1. The standard InChI is InChI=1S/C26H25ClFN3O/c27-21-5-1-3-18(13-21)15-30-12-10-25-24(16-30)23(19-6-8-22(28)9-7-19)17-31(25)26(32)20-4-2-11-29-14-20/h1-9,11,13-14,23-25H,10,12,15-17H2/t23-,24-,25-/m0/s1. The third-order valence-electron chi connectivity index (χ3n) is 6.78. The Morgan fingerprint density at radius 2 is 1.94 bits per heavy atom. The summed E-state index contributed by atoms with van der Waals surface area (Å²) in [6, 6.07) is 18.5. The van der Waals surface area contributed by atoms with Gasteiger partial charge >= 0.3 is 0 Å². The summed E-state index contributed by atoms with van der Waals surface area (Å²) in [6.45, 7) is 3.27. The summed E-state index contributed by atoms with van der Waals surface area (Å²) >= 11 is 6.18. The molecule has 2 aliphatic rings. The topological polar surface area (TPSA) is 36.4 Å². The lowest BCUT2D eigenvalue weighted by Gasteiger charge is -2.39. The summed E-state index contributed by atoms with van der Waals surface area (Å²) in [5.74, 6) is 0.246. The molecule has 5 rings (SSSR count). The number of hydrogen-bond donors (Lipinski definition) is 0. The van der Waals surface area contributed by atoms with Gasteiger partial charge in [-0.2, -0.15) is 0 Å². The average molecular weight is 450 g/mol. The number of benzene rings is 2. The van der Waals surface area contributed by atoms with Crippen molar-refractivity contribution in [1.29, 1.82) is 0 Å². The molecule has 1 amide bonds. The van der Waals surface area contributed by atoms with E-state index >= 15 is 0 Å². The van der Waals surface area contributed by atoms with Crippen LogP contribution in [0.15, 0.2) is 73.1 Å². The monoisotopic (exact) mass is 449 g/mol. The largest absolute Gasteiger partial charge is 0.335 e. The molecule has 0 bridgehead atoms. The van der Waals surface area contributed by atoms with E-state index < -0.39 is 0 Å². The van der Waals surface area contributed by atoms with Gasteiger partial charge in [0.2, 0.25) is 0 Å². The number of aromatic nitrogens is 1. The van der Waals surface area contributed by atoms with Crippen molar-refractivity contribution in [2.24, 2.45) is 5.92 Å². The molecular weight excluding hydrogens is 425 g/mol. The first-order valence-electron chi connectivity index (χ1n) is 11.0. The van der Waals surface area contributed by atoms with Crippen LogP contribution in [0.2, 0.25) is 5.02 Å². The Bertz CT molecular complexity index is 1090. The molecule has 3 aromatic rings. The number of pyridine rings is 1. The number of piperidine rings is 1. The minimum absolute atomic E-state index is 0.0287. The number of carbonyl (C=O) groups is 1. The molecule has 3 heterocycles. The summed E-state index contributed by atoms with van der Waals surface area (Å²) in [6.07, 6.45) is 4.23. The van der Waals surface area contributed by atoms with Gasteiger partial charge in [0.1, 0.15) is 5.82 Å². The zero-order valence-corrected chi connectivity index (χ0v) is 18.5. The highest BCUT2D eigenvalue weighted by Gasteiger charge is 2.47. The van der Waals surface area contributed by atoms with Gasteiger partial charge in [0.15, 0.2) is 0 Å². The van der Waals surface area contributed by atoms with Crippen molar-refractivity contribution in [3.63, 3.8) is 0 Å². The lowest BCUT2D eigenvalue weighted by molar-refractivity contribution is 0.0613. The Labute approximate surface area is 192 Å². The molecular formula is C26H25ClFN3O. The van der Waals surface area contributed by atoms with E-state index in [0.29, 0.717) is 12.1 Å². The molecule has 164 valence electrons. The molecule has 6 heteroatoms. The van der Waals surface area contributed by atoms with Gasteiger partial charge in [0, 0.05) is 61.5 Å². The zero-order valence-electron chi connectivity index (χ0n) is 17.7.